The summed E-state index contributed by atoms with van der Waals surface area (Å²) < 4.78 is 15.3. The van der Waals surface area contributed by atoms with Crippen molar-refractivity contribution in [3.05, 3.63) is 69.6 Å². The van der Waals surface area contributed by atoms with Crippen LogP contribution in [0.15, 0.2) is 42.5 Å². The van der Waals surface area contributed by atoms with Crippen LogP contribution < -0.4 is 5.32 Å². The van der Waals surface area contributed by atoms with Crippen molar-refractivity contribution in [2.75, 3.05) is 25.1 Å². The van der Waals surface area contributed by atoms with Crippen LogP contribution in [0.1, 0.15) is 55.4 Å². The molecule has 2 aromatic carbocycles. The number of anilines is 1. The number of hydrogen-bond acceptors (Lipinski definition) is 9. The number of imidazole rings is 1. The summed E-state index contributed by atoms with van der Waals surface area (Å²) in [5, 5.41) is 2.66. The lowest BCUT2D eigenvalue weighted by atomic mass is 10.1. The lowest BCUT2D eigenvalue weighted by Crippen LogP contribution is -2.21. The number of nitrogens with zero attached hydrogens (tertiary/aromatic N) is 1. The van der Waals surface area contributed by atoms with E-state index in [2.05, 4.69) is 15.3 Å². The third kappa shape index (κ3) is 6.15. The van der Waals surface area contributed by atoms with Crippen molar-refractivity contribution < 1.29 is 33.4 Å². The zero-order valence-corrected chi connectivity index (χ0v) is 22.7. The summed E-state index contributed by atoms with van der Waals surface area (Å²) >= 11 is 0.891. The largest absolute Gasteiger partial charge is 0.462 e. The van der Waals surface area contributed by atoms with Gasteiger partial charge in [0.05, 0.1) is 35.4 Å². The Bertz CT molecular complexity index is 1550. The maximum atomic E-state index is 12.7. The number of aromatic nitrogens is 2. The van der Waals surface area contributed by atoms with E-state index in [4.69, 9.17) is 14.2 Å². The smallest absolute Gasteiger partial charge is 0.348 e. The van der Waals surface area contributed by atoms with E-state index < -0.39 is 30.4 Å². The van der Waals surface area contributed by atoms with Gasteiger partial charge in [-0.05, 0) is 51.5 Å². The fourth-order valence-electron chi connectivity index (χ4n) is 3.80. The minimum Gasteiger partial charge on any atom is -0.462 e. The molecule has 0 spiro atoms. The second-order valence-corrected chi connectivity index (χ2v) is 9.53. The standard InChI is InChI=1S/C28H27N3O7S/c1-5-36-27(34)22-16(4)23(28(35)37-6-2)39-25(22)31-21(32)14-38-26(33)18-11-12-19-20(13-18)30-24(29-19)17-9-7-15(3)8-10-17/h7-13H,5-6,14H2,1-4H3,(H,29,30)(H,31,32). The molecule has 0 fully saturated rings. The van der Waals surface area contributed by atoms with Crippen molar-refractivity contribution in [1.29, 1.82) is 0 Å². The molecule has 0 aliphatic carbocycles. The van der Waals surface area contributed by atoms with Crippen molar-refractivity contribution in [3.63, 3.8) is 0 Å². The summed E-state index contributed by atoms with van der Waals surface area (Å²) in [6.07, 6.45) is 0. The number of esters is 3. The van der Waals surface area contributed by atoms with Crippen LogP contribution in [0.3, 0.4) is 0 Å². The number of aryl methyl sites for hydroxylation is 1. The molecule has 0 saturated heterocycles. The molecule has 0 atom stereocenters. The van der Waals surface area contributed by atoms with Crippen molar-refractivity contribution in [1.82, 2.24) is 9.97 Å². The molecule has 202 valence electrons. The lowest BCUT2D eigenvalue weighted by molar-refractivity contribution is -0.119. The minimum absolute atomic E-state index is 0.0543. The van der Waals surface area contributed by atoms with Gasteiger partial charge in [-0.3, -0.25) is 4.79 Å². The zero-order chi connectivity index (χ0) is 28.1. The van der Waals surface area contributed by atoms with E-state index in [1.807, 2.05) is 31.2 Å². The number of aromatic amines is 1. The summed E-state index contributed by atoms with van der Waals surface area (Å²) in [7, 11) is 0. The van der Waals surface area contributed by atoms with Crippen LogP contribution in [0.5, 0.6) is 0 Å². The predicted molar refractivity (Wildman–Crippen MR) is 146 cm³/mol. The van der Waals surface area contributed by atoms with Crippen molar-refractivity contribution in [3.8, 4) is 11.4 Å². The van der Waals surface area contributed by atoms with Gasteiger partial charge in [0.15, 0.2) is 6.61 Å². The molecule has 4 aromatic rings. The summed E-state index contributed by atoms with van der Waals surface area (Å²) in [5.74, 6) is -2.03. The molecule has 2 heterocycles. The number of H-pyrrole nitrogens is 1. The van der Waals surface area contributed by atoms with Gasteiger partial charge >= 0.3 is 17.9 Å². The van der Waals surface area contributed by atoms with Gasteiger partial charge in [-0.15, -0.1) is 11.3 Å². The van der Waals surface area contributed by atoms with Gasteiger partial charge in [-0.25, -0.2) is 19.4 Å². The highest BCUT2D eigenvalue weighted by atomic mass is 32.1. The van der Waals surface area contributed by atoms with E-state index in [-0.39, 0.29) is 34.2 Å². The Labute approximate surface area is 228 Å². The molecular weight excluding hydrogens is 522 g/mol. The Morgan fingerprint density at radius 2 is 1.59 bits per heavy atom. The first-order valence-corrected chi connectivity index (χ1v) is 13.0. The first-order valence-electron chi connectivity index (χ1n) is 12.2. The van der Waals surface area contributed by atoms with E-state index in [9.17, 15) is 19.2 Å². The number of carbonyl (C=O) groups is 4. The maximum Gasteiger partial charge on any atom is 0.348 e. The normalized spacial score (nSPS) is 10.8. The molecule has 1 amide bonds. The lowest BCUT2D eigenvalue weighted by Gasteiger charge is -2.08. The second kappa shape index (κ2) is 11.9. The molecule has 4 rings (SSSR count). The van der Waals surface area contributed by atoms with Crippen LogP contribution in [-0.2, 0) is 19.0 Å². The quantitative estimate of drug-likeness (QED) is 0.218. The number of carbonyl (C=O) groups excluding carboxylic acids is 4. The highest BCUT2D eigenvalue weighted by Crippen LogP contribution is 2.34. The molecule has 39 heavy (non-hydrogen) atoms. The van der Waals surface area contributed by atoms with Crippen molar-refractivity contribution in [2.45, 2.75) is 27.7 Å². The number of benzene rings is 2. The van der Waals surface area contributed by atoms with Gasteiger partial charge in [0.2, 0.25) is 0 Å². The Kier molecular flexibility index (Phi) is 8.40. The summed E-state index contributed by atoms with van der Waals surface area (Å²) in [5.41, 5.74) is 3.99. The minimum atomic E-state index is -0.710. The van der Waals surface area contributed by atoms with Crippen LogP contribution in [0.4, 0.5) is 5.00 Å². The Morgan fingerprint density at radius 3 is 2.28 bits per heavy atom. The molecule has 11 heteroatoms. The topological polar surface area (TPSA) is 137 Å². The zero-order valence-electron chi connectivity index (χ0n) is 21.9. The Hall–Kier alpha value is -4.51. The van der Waals surface area contributed by atoms with Gasteiger partial charge < -0.3 is 24.5 Å². The average molecular weight is 550 g/mol. The maximum absolute atomic E-state index is 12.7. The summed E-state index contributed by atoms with van der Waals surface area (Å²) in [4.78, 5) is 58.0. The Morgan fingerprint density at radius 1 is 0.897 bits per heavy atom. The number of hydrogen-bond donors (Lipinski definition) is 2. The SMILES string of the molecule is CCOC(=O)c1sc(NC(=O)COC(=O)c2ccc3nc(-c4ccc(C)cc4)[nH]c3c2)c(C(=O)OCC)c1C. The first-order chi connectivity index (χ1) is 18.7. The molecule has 0 aliphatic rings. The number of amides is 1. The molecule has 0 unspecified atom stereocenters. The summed E-state index contributed by atoms with van der Waals surface area (Å²) in [6.45, 7) is 6.54. The molecule has 0 aliphatic heterocycles. The van der Waals surface area contributed by atoms with Gasteiger partial charge in [-0.2, -0.15) is 0 Å². The molecule has 0 saturated carbocycles. The van der Waals surface area contributed by atoms with Crippen molar-refractivity contribution in [2.24, 2.45) is 0 Å². The van der Waals surface area contributed by atoms with Gasteiger partial charge in [0, 0.05) is 5.56 Å². The second-order valence-electron chi connectivity index (χ2n) is 8.51. The van der Waals surface area contributed by atoms with Crippen LogP contribution >= 0.6 is 11.3 Å². The van der Waals surface area contributed by atoms with Crippen LogP contribution in [0.2, 0.25) is 0 Å². The third-order valence-electron chi connectivity index (χ3n) is 5.72. The number of rotatable bonds is 9. The van der Waals surface area contributed by atoms with E-state index in [0.29, 0.717) is 22.4 Å². The molecular formula is C28H27N3O7S. The Balaban J connectivity index is 1.45. The first kappa shape index (κ1) is 27.5. The number of fused-ring (bicyclic) bond motifs is 1. The van der Waals surface area contributed by atoms with E-state index in [0.717, 1.165) is 22.5 Å². The van der Waals surface area contributed by atoms with Crippen molar-refractivity contribution >= 4 is 51.2 Å². The van der Waals surface area contributed by atoms with Crippen LogP contribution in [0.25, 0.3) is 22.4 Å². The number of nitrogens with one attached hydrogen (secondary N) is 2. The van der Waals surface area contributed by atoms with E-state index >= 15 is 0 Å². The van der Waals surface area contributed by atoms with Gasteiger partial charge in [-0.1, -0.05) is 29.8 Å². The highest BCUT2D eigenvalue weighted by molar-refractivity contribution is 7.18. The number of ether oxygens (including phenoxy) is 3. The fourth-order valence-corrected chi connectivity index (χ4v) is 4.91. The van der Waals surface area contributed by atoms with E-state index in [1.165, 1.54) is 0 Å². The summed E-state index contributed by atoms with van der Waals surface area (Å²) in [6, 6.07) is 12.8. The molecule has 2 N–H and O–H groups in total. The molecule has 0 bridgehead atoms. The molecule has 10 nitrogen and oxygen atoms in total. The highest BCUT2D eigenvalue weighted by Gasteiger charge is 2.27. The third-order valence-corrected chi connectivity index (χ3v) is 6.90. The molecule has 2 aromatic heterocycles. The monoisotopic (exact) mass is 549 g/mol. The molecule has 0 radical (unpaired) electrons. The van der Waals surface area contributed by atoms with Crippen LogP contribution in [-0.4, -0.2) is 53.6 Å². The van der Waals surface area contributed by atoms with Crippen LogP contribution in [0, 0.1) is 13.8 Å². The van der Waals surface area contributed by atoms with Gasteiger partial charge in [0.25, 0.3) is 5.91 Å². The van der Waals surface area contributed by atoms with E-state index in [1.54, 1.807) is 39.0 Å². The average Bonchev–Trinajstić information content (AvgIpc) is 3.48. The predicted octanol–water partition coefficient (Wildman–Crippen LogP) is 5.06. The van der Waals surface area contributed by atoms with Gasteiger partial charge in [0.1, 0.15) is 15.7 Å². The number of thiophene rings is 1. The fraction of sp³-hybridized carbons (Fsp3) is 0.250.